The summed E-state index contributed by atoms with van der Waals surface area (Å²) >= 11 is 0. The molecule has 6 heteroatoms. The Balaban J connectivity index is 1.61. The van der Waals surface area contributed by atoms with Crippen molar-refractivity contribution in [2.24, 2.45) is 10.5 Å². The number of halogens is 1. The number of nitrogens with one attached hydrogen (secondary N) is 1. The number of ether oxygens (including phenoxy) is 1. The van der Waals surface area contributed by atoms with Crippen LogP contribution in [0.2, 0.25) is 0 Å². The van der Waals surface area contributed by atoms with Gasteiger partial charge in [-0.15, -0.1) is 0 Å². The summed E-state index contributed by atoms with van der Waals surface area (Å²) in [5.74, 6) is -0.245. The first-order chi connectivity index (χ1) is 15.7. The van der Waals surface area contributed by atoms with E-state index >= 15 is 0 Å². The number of hydrogen-bond acceptors (Lipinski definition) is 4. The molecule has 1 fully saturated rings. The first kappa shape index (κ1) is 23.5. The van der Waals surface area contributed by atoms with Gasteiger partial charge in [-0.3, -0.25) is 0 Å². The molecule has 176 valence electrons. The molecule has 1 unspecified atom stereocenters. The Morgan fingerprint density at radius 3 is 2.55 bits per heavy atom. The van der Waals surface area contributed by atoms with Crippen molar-refractivity contribution in [2.45, 2.75) is 40.7 Å². The minimum Gasteiger partial charge on any atom is -0.378 e. The van der Waals surface area contributed by atoms with Crippen LogP contribution in [0.1, 0.15) is 40.2 Å². The number of quaternary nitrogens is 1. The normalized spacial score (nSPS) is 20.9. The second-order valence-corrected chi connectivity index (χ2v) is 10.5. The Kier molecular flexibility index (Phi) is 6.59. The van der Waals surface area contributed by atoms with Gasteiger partial charge in [-0.1, -0.05) is 31.9 Å². The number of hydrogen-bond donors (Lipinski definition) is 1. The Labute approximate surface area is 197 Å². The first-order valence-corrected chi connectivity index (χ1v) is 11.8. The maximum atomic E-state index is 14.4. The smallest absolute Gasteiger partial charge is 0.168 e. The lowest BCUT2D eigenvalue weighted by Crippen LogP contribution is -2.50. The van der Waals surface area contributed by atoms with Crippen LogP contribution >= 0.6 is 0 Å². The monoisotopic (exact) mass is 451 g/mol. The molecule has 0 radical (unpaired) electrons. The molecular weight excluding hydrogens is 415 g/mol. The third-order valence-electron chi connectivity index (χ3n) is 6.20. The zero-order valence-electron chi connectivity index (χ0n) is 20.4. The molecule has 0 aliphatic carbocycles. The molecule has 0 saturated carbocycles. The summed E-state index contributed by atoms with van der Waals surface area (Å²) in [4.78, 5) is 2.16. The molecule has 33 heavy (non-hydrogen) atoms. The average Bonchev–Trinajstić information content (AvgIpc) is 3.17. The second-order valence-electron chi connectivity index (χ2n) is 10.5. The fourth-order valence-corrected chi connectivity index (χ4v) is 4.75. The highest BCUT2D eigenvalue weighted by Gasteiger charge is 2.43. The van der Waals surface area contributed by atoms with Gasteiger partial charge >= 0.3 is 0 Å². The standard InChI is InChI=1S/C27H36FN4O/c1-20(2)32(19-27(3,4)5)26(9-10-29-32)21-7-6-8-23(15-21)30-24-16-22(28)17-25(18-24)31-11-13-33-14-12-31/h6-10,15-18,20,30H,11-14,19H2,1-5H3/q+1. The van der Waals surface area contributed by atoms with Crippen LogP contribution in [-0.2, 0) is 4.74 Å². The predicted molar refractivity (Wildman–Crippen MR) is 135 cm³/mol. The van der Waals surface area contributed by atoms with Crippen LogP contribution in [-0.4, -0.2) is 49.7 Å². The van der Waals surface area contributed by atoms with E-state index in [2.05, 4.69) is 63.0 Å². The number of allylic oxidation sites excluding steroid dienone is 1. The molecule has 1 saturated heterocycles. The van der Waals surface area contributed by atoms with Gasteiger partial charge in [0.15, 0.2) is 5.70 Å². The van der Waals surface area contributed by atoms with Crippen molar-refractivity contribution >= 4 is 29.0 Å². The highest BCUT2D eigenvalue weighted by atomic mass is 19.1. The van der Waals surface area contributed by atoms with Crippen LogP contribution in [0.4, 0.5) is 21.5 Å². The molecule has 1 atom stereocenters. The molecule has 4 rings (SSSR count). The van der Waals surface area contributed by atoms with Crippen LogP contribution in [0.15, 0.2) is 53.6 Å². The van der Waals surface area contributed by atoms with E-state index in [0.29, 0.717) is 23.8 Å². The Morgan fingerprint density at radius 2 is 1.85 bits per heavy atom. The molecule has 5 nitrogen and oxygen atoms in total. The van der Waals surface area contributed by atoms with E-state index < -0.39 is 0 Å². The van der Waals surface area contributed by atoms with Crippen molar-refractivity contribution in [1.29, 1.82) is 0 Å². The van der Waals surface area contributed by atoms with Crippen molar-refractivity contribution < 1.29 is 13.7 Å². The van der Waals surface area contributed by atoms with E-state index in [1.807, 2.05) is 24.4 Å². The molecule has 0 aromatic heterocycles. The highest BCUT2D eigenvalue weighted by molar-refractivity contribution is 5.85. The predicted octanol–water partition coefficient (Wildman–Crippen LogP) is 6.02. The third-order valence-corrected chi connectivity index (χ3v) is 6.20. The summed E-state index contributed by atoms with van der Waals surface area (Å²) in [5, 5.41) is 8.35. The van der Waals surface area contributed by atoms with E-state index in [-0.39, 0.29) is 11.2 Å². The Hall–Kier alpha value is -2.70. The zero-order chi connectivity index (χ0) is 23.6. The fourth-order valence-electron chi connectivity index (χ4n) is 4.75. The lowest BCUT2D eigenvalue weighted by atomic mass is 9.93. The summed E-state index contributed by atoms with van der Waals surface area (Å²) in [6.45, 7) is 15.0. The number of anilines is 3. The SMILES string of the molecule is CC(C)[N+]1(CC(C)(C)C)N=CC=C1c1cccc(Nc2cc(F)cc(N3CCOCC3)c2)c1. The summed E-state index contributed by atoms with van der Waals surface area (Å²) < 4.78 is 20.4. The van der Waals surface area contributed by atoms with Gasteiger partial charge in [-0.2, -0.15) is 4.59 Å². The summed E-state index contributed by atoms with van der Waals surface area (Å²) in [7, 11) is 0. The van der Waals surface area contributed by atoms with Gasteiger partial charge in [0.25, 0.3) is 0 Å². The summed E-state index contributed by atoms with van der Waals surface area (Å²) in [5.41, 5.74) is 4.99. The third kappa shape index (κ3) is 5.28. The maximum absolute atomic E-state index is 14.4. The number of nitrogens with zero attached hydrogens (tertiary/aromatic N) is 3. The fraction of sp³-hybridized carbons (Fsp3) is 0.444. The van der Waals surface area contributed by atoms with Gasteiger partial charge in [0.05, 0.1) is 19.4 Å². The molecule has 2 aromatic rings. The van der Waals surface area contributed by atoms with Crippen molar-refractivity contribution in [3.8, 4) is 0 Å². The van der Waals surface area contributed by atoms with Gasteiger partial charge in [0, 0.05) is 47.2 Å². The molecule has 1 N–H and O–H groups in total. The van der Waals surface area contributed by atoms with Crippen molar-refractivity contribution in [1.82, 2.24) is 0 Å². The van der Waals surface area contributed by atoms with Crippen LogP contribution in [0.3, 0.4) is 0 Å². The van der Waals surface area contributed by atoms with Gasteiger partial charge in [0.1, 0.15) is 18.4 Å². The highest BCUT2D eigenvalue weighted by Crippen LogP contribution is 2.39. The zero-order valence-corrected chi connectivity index (χ0v) is 20.4. The largest absolute Gasteiger partial charge is 0.378 e. The molecule has 2 aliphatic rings. The van der Waals surface area contributed by atoms with Crippen molar-refractivity contribution in [3.05, 3.63) is 59.9 Å². The van der Waals surface area contributed by atoms with Crippen LogP contribution in [0.5, 0.6) is 0 Å². The minimum atomic E-state index is -0.245. The maximum Gasteiger partial charge on any atom is 0.168 e. The first-order valence-electron chi connectivity index (χ1n) is 11.8. The van der Waals surface area contributed by atoms with Crippen LogP contribution in [0, 0.1) is 11.2 Å². The van der Waals surface area contributed by atoms with E-state index in [1.165, 1.54) is 5.70 Å². The lowest BCUT2D eigenvalue weighted by molar-refractivity contribution is -0.891. The van der Waals surface area contributed by atoms with Crippen molar-refractivity contribution in [2.75, 3.05) is 43.1 Å². The molecule has 0 bridgehead atoms. The van der Waals surface area contributed by atoms with Crippen LogP contribution in [0.25, 0.3) is 5.70 Å². The molecule has 2 aromatic carbocycles. The van der Waals surface area contributed by atoms with E-state index in [9.17, 15) is 4.39 Å². The number of rotatable bonds is 6. The van der Waals surface area contributed by atoms with Crippen LogP contribution < -0.4 is 10.2 Å². The number of benzene rings is 2. The molecule has 2 aliphatic heterocycles. The van der Waals surface area contributed by atoms with E-state index in [4.69, 9.17) is 9.84 Å². The lowest BCUT2D eigenvalue weighted by Gasteiger charge is -2.39. The van der Waals surface area contributed by atoms with E-state index in [0.717, 1.165) is 42.3 Å². The van der Waals surface area contributed by atoms with Gasteiger partial charge < -0.3 is 15.0 Å². The molecule has 0 spiro atoms. The summed E-state index contributed by atoms with van der Waals surface area (Å²) in [6.07, 6.45) is 4.06. The Morgan fingerprint density at radius 1 is 1.09 bits per heavy atom. The topological polar surface area (TPSA) is 36.9 Å². The Bertz CT molecular complexity index is 1050. The van der Waals surface area contributed by atoms with Gasteiger partial charge in [-0.05, 0) is 50.2 Å². The second kappa shape index (κ2) is 9.27. The minimum absolute atomic E-state index is 0.123. The quantitative estimate of drug-likeness (QED) is 0.546. The molecule has 0 amide bonds. The van der Waals surface area contributed by atoms with E-state index in [1.54, 1.807) is 12.1 Å². The average molecular weight is 452 g/mol. The van der Waals surface area contributed by atoms with Gasteiger partial charge in [0.2, 0.25) is 0 Å². The molecular formula is C27H36FN4O+. The molecule has 2 heterocycles. The summed E-state index contributed by atoms with van der Waals surface area (Å²) in [6, 6.07) is 13.8. The number of morpholine rings is 1. The van der Waals surface area contributed by atoms with Gasteiger partial charge in [-0.25, -0.2) is 4.39 Å². The van der Waals surface area contributed by atoms with Crippen molar-refractivity contribution in [3.63, 3.8) is 0 Å².